The molecule has 31 heavy (non-hydrogen) atoms. The van der Waals surface area contributed by atoms with Crippen LogP contribution >= 0.6 is 0 Å². The van der Waals surface area contributed by atoms with Crippen molar-refractivity contribution in [1.29, 1.82) is 0 Å². The van der Waals surface area contributed by atoms with Crippen molar-refractivity contribution in [3.63, 3.8) is 0 Å². The first-order chi connectivity index (χ1) is 14.5. The second kappa shape index (κ2) is 9.78. The molecule has 166 valence electrons. The third kappa shape index (κ3) is 6.32. The van der Waals surface area contributed by atoms with Crippen molar-refractivity contribution in [2.75, 3.05) is 32.6 Å². The first kappa shape index (κ1) is 23.4. The highest BCUT2D eigenvalue weighted by Gasteiger charge is 2.33. The van der Waals surface area contributed by atoms with Gasteiger partial charge in [0.15, 0.2) is 12.4 Å². The zero-order valence-electron chi connectivity index (χ0n) is 16.4. The van der Waals surface area contributed by atoms with Gasteiger partial charge in [0.25, 0.3) is 5.91 Å². The standard InChI is InChI=1S/C19H18F3N3O6/c1-24(10-17(26)23-14-6-4-3-5-13(14)19(20,21)22)18(27)11-31-16-8-7-12(30-2)9-15(16)25(28)29/h3-9H,10-11H2,1-2H3,(H,23,26). The summed E-state index contributed by atoms with van der Waals surface area (Å²) in [6.45, 7) is -1.19. The van der Waals surface area contributed by atoms with Crippen molar-refractivity contribution >= 4 is 23.2 Å². The highest BCUT2D eigenvalue weighted by molar-refractivity contribution is 5.95. The predicted molar refractivity (Wildman–Crippen MR) is 103 cm³/mol. The van der Waals surface area contributed by atoms with E-state index in [1.807, 2.05) is 0 Å². The SMILES string of the molecule is COc1ccc(OCC(=O)N(C)CC(=O)Nc2ccccc2C(F)(F)F)c([N+](=O)[O-])c1. The number of likely N-dealkylation sites (N-methyl/N-ethyl adjacent to an activating group) is 1. The molecule has 0 atom stereocenters. The van der Waals surface area contributed by atoms with E-state index in [0.717, 1.165) is 23.1 Å². The third-order valence-electron chi connectivity index (χ3n) is 4.03. The molecule has 0 fully saturated rings. The molecule has 9 nitrogen and oxygen atoms in total. The number of halogens is 3. The van der Waals surface area contributed by atoms with Crippen LogP contribution in [-0.4, -0.2) is 48.9 Å². The normalized spacial score (nSPS) is 10.9. The van der Waals surface area contributed by atoms with Crippen molar-refractivity contribution in [3.05, 3.63) is 58.1 Å². The van der Waals surface area contributed by atoms with Gasteiger partial charge in [-0.1, -0.05) is 12.1 Å². The maximum atomic E-state index is 13.0. The number of nitro benzene ring substituents is 1. The Balaban J connectivity index is 1.98. The zero-order chi connectivity index (χ0) is 23.2. The van der Waals surface area contributed by atoms with E-state index in [-0.39, 0.29) is 11.5 Å². The number of nitro groups is 1. The summed E-state index contributed by atoms with van der Waals surface area (Å²) in [5.74, 6) is -1.54. The fourth-order valence-corrected chi connectivity index (χ4v) is 2.47. The van der Waals surface area contributed by atoms with Crippen molar-refractivity contribution < 1.29 is 37.2 Å². The number of rotatable bonds is 8. The van der Waals surface area contributed by atoms with Gasteiger partial charge in [0.1, 0.15) is 5.75 Å². The lowest BCUT2D eigenvalue weighted by molar-refractivity contribution is -0.385. The number of nitrogens with one attached hydrogen (secondary N) is 1. The van der Waals surface area contributed by atoms with Crippen LogP contribution in [0.1, 0.15) is 5.56 Å². The molecule has 2 aromatic rings. The van der Waals surface area contributed by atoms with Crippen molar-refractivity contribution in [2.45, 2.75) is 6.18 Å². The summed E-state index contributed by atoms with van der Waals surface area (Å²) in [4.78, 5) is 35.6. The smallest absolute Gasteiger partial charge is 0.418 e. The summed E-state index contributed by atoms with van der Waals surface area (Å²) in [6, 6.07) is 8.20. The lowest BCUT2D eigenvalue weighted by Crippen LogP contribution is -2.37. The lowest BCUT2D eigenvalue weighted by atomic mass is 10.1. The van der Waals surface area contributed by atoms with E-state index in [1.165, 1.54) is 38.4 Å². The monoisotopic (exact) mass is 441 g/mol. The van der Waals surface area contributed by atoms with E-state index < -0.39 is 53.0 Å². The van der Waals surface area contributed by atoms with Gasteiger partial charge in [0, 0.05) is 7.05 Å². The number of methoxy groups -OCH3 is 1. The zero-order valence-corrected chi connectivity index (χ0v) is 16.4. The molecule has 0 saturated heterocycles. The Labute approximate surface area is 174 Å². The summed E-state index contributed by atoms with van der Waals surface area (Å²) in [5.41, 5.74) is -1.88. The summed E-state index contributed by atoms with van der Waals surface area (Å²) in [7, 11) is 2.57. The maximum absolute atomic E-state index is 13.0. The molecule has 2 aromatic carbocycles. The molecule has 0 aliphatic rings. The maximum Gasteiger partial charge on any atom is 0.418 e. The number of carbonyl (C=O) groups is 2. The molecule has 2 rings (SSSR count). The molecule has 0 bridgehead atoms. The van der Waals surface area contributed by atoms with Crippen LogP contribution in [0.5, 0.6) is 11.5 Å². The number of nitrogens with zero attached hydrogens (tertiary/aromatic N) is 2. The number of para-hydroxylation sites is 1. The number of carbonyl (C=O) groups excluding carboxylic acids is 2. The van der Waals surface area contributed by atoms with Gasteiger partial charge >= 0.3 is 11.9 Å². The minimum Gasteiger partial charge on any atom is -0.496 e. The number of ether oxygens (including phenoxy) is 2. The van der Waals surface area contributed by atoms with Crippen LogP contribution in [0.15, 0.2) is 42.5 Å². The second-order valence-corrected chi connectivity index (χ2v) is 6.22. The quantitative estimate of drug-likeness (QED) is 0.498. The molecular formula is C19H18F3N3O6. The Morgan fingerprint density at radius 1 is 1.19 bits per heavy atom. The highest BCUT2D eigenvalue weighted by Crippen LogP contribution is 2.34. The van der Waals surface area contributed by atoms with Gasteiger partial charge in [-0.2, -0.15) is 13.2 Å². The second-order valence-electron chi connectivity index (χ2n) is 6.22. The fourth-order valence-electron chi connectivity index (χ4n) is 2.47. The van der Waals surface area contributed by atoms with E-state index in [0.29, 0.717) is 0 Å². The average Bonchev–Trinajstić information content (AvgIpc) is 2.71. The van der Waals surface area contributed by atoms with Gasteiger partial charge in [-0.3, -0.25) is 19.7 Å². The van der Waals surface area contributed by atoms with E-state index >= 15 is 0 Å². The number of amides is 2. The van der Waals surface area contributed by atoms with Crippen molar-refractivity contribution in [1.82, 2.24) is 4.90 Å². The topological polar surface area (TPSA) is 111 Å². The lowest BCUT2D eigenvalue weighted by Gasteiger charge is -2.18. The van der Waals surface area contributed by atoms with Gasteiger partial charge in [0.2, 0.25) is 5.91 Å². The highest BCUT2D eigenvalue weighted by atomic mass is 19.4. The van der Waals surface area contributed by atoms with Crippen LogP contribution in [0.4, 0.5) is 24.5 Å². The van der Waals surface area contributed by atoms with Gasteiger partial charge in [-0.15, -0.1) is 0 Å². The Morgan fingerprint density at radius 3 is 2.48 bits per heavy atom. The first-order valence-corrected chi connectivity index (χ1v) is 8.68. The molecule has 12 heteroatoms. The molecule has 2 amide bonds. The van der Waals surface area contributed by atoms with Crippen LogP contribution < -0.4 is 14.8 Å². The predicted octanol–water partition coefficient (Wildman–Crippen LogP) is 3.10. The van der Waals surface area contributed by atoms with E-state index in [9.17, 15) is 32.9 Å². The number of hydrogen-bond donors (Lipinski definition) is 1. The molecule has 0 unspecified atom stereocenters. The Hall–Kier alpha value is -3.83. The van der Waals surface area contributed by atoms with E-state index in [2.05, 4.69) is 5.32 Å². The number of anilines is 1. The molecule has 0 radical (unpaired) electrons. The summed E-state index contributed by atoms with van der Waals surface area (Å²) in [5, 5.41) is 13.2. The summed E-state index contributed by atoms with van der Waals surface area (Å²) >= 11 is 0. The van der Waals surface area contributed by atoms with E-state index in [1.54, 1.807) is 0 Å². The number of hydrogen-bond acceptors (Lipinski definition) is 6. The molecule has 0 aliphatic heterocycles. The number of alkyl halides is 3. The first-order valence-electron chi connectivity index (χ1n) is 8.68. The van der Waals surface area contributed by atoms with Crippen LogP contribution in [0.3, 0.4) is 0 Å². The van der Waals surface area contributed by atoms with E-state index in [4.69, 9.17) is 9.47 Å². The minimum atomic E-state index is -4.66. The molecule has 0 spiro atoms. The van der Waals surface area contributed by atoms with Gasteiger partial charge in [0.05, 0.1) is 35.9 Å². The van der Waals surface area contributed by atoms with Crippen LogP contribution in [0.25, 0.3) is 0 Å². The molecule has 0 aliphatic carbocycles. The Kier molecular flexibility index (Phi) is 7.40. The van der Waals surface area contributed by atoms with Gasteiger partial charge < -0.3 is 19.7 Å². The third-order valence-corrected chi connectivity index (χ3v) is 4.03. The summed E-state index contributed by atoms with van der Waals surface area (Å²) < 4.78 is 49.1. The average molecular weight is 441 g/mol. The van der Waals surface area contributed by atoms with Gasteiger partial charge in [-0.05, 0) is 24.3 Å². The van der Waals surface area contributed by atoms with Crippen molar-refractivity contribution in [3.8, 4) is 11.5 Å². The Morgan fingerprint density at radius 2 is 1.87 bits per heavy atom. The minimum absolute atomic E-state index is 0.184. The van der Waals surface area contributed by atoms with Gasteiger partial charge in [-0.25, -0.2) is 0 Å². The van der Waals surface area contributed by atoms with Crippen LogP contribution in [0.2, 0.25) is 0 Å². The van der Waals surface area contributed by atoms with Crippen LogP contribution in [-0.2, 0) is 15.8 Å². The molecule has 1 N–H and O–H groups in total. The summed E-state index contributed by atoms with van der Waals surface area (Å²) in [6.07, 6.45) is -4.66. The number of benzene rings is 2. The largest absolute Gasteiger partial charge is 0.496 e. The molecule has 0 heterocycles. The molecular weight excluding hydrogens is 423 g/mol. The molecule has 0 aromatic heterocycles. The Bertz CT molecular complexity index is 981. The molecule has 0 saturated carbocycles. The fraction of sp³-hybridized carbons (Fsp3) is 0.263. The van der Waals surface area contributed by atoms with Crippen LogP contribution in [0, 0.1) is 10.1 Å². The van der Waals surface area contributed by atoms with Crippen molar-refractivity contribution in [2.24, 2.45) is 0 Å².